The minimum absolute atomic E-state index is 0. The molecule has 11 heteroatoms. The zero-order chi connectivity index (χ0) is 22.8. The zero-order valence-corrected chi connectivity index (χ0v) is 19.7. The number of ketones is 1. The quantitative estimate of drug-likeness (QED) is 0.222. The van der Waals surface area contributed by atoms with Crippen LogP contribution in [0, 0.1) is 0 Å². The number of nitrogens with one attached hydrogen (secondary N) is 2. The number of Topliss-reactive ketones (excluding diaryl/α,β-unsaturated/α-hetero) is 1. The van der Waals surface area contributed by atoms with E-state index in [2.05, 4.69) is 10.6 Å². The highest BCUT2D eigenvalue weighted by Crippen LogP contribution is 2.31. The summed E-state index contributed by atoms with van der Waals surface area (Å²) >= 11 is 0. The van der Waals surface area contributed by atoms with Crippen LogP contribution in [0.3, 0.4) is 0 Å². The number of rotatable bonds is 12. The monoisotopic (exact) mass is 498 g/mol. The third kappa shape index (κ3) is 9.16. The smallest absolute Gasteiger partial charge is 0.257 e. The van der Waals surface area contributed by atoms with Gasteiger partial charge in [0.1, 0.15) is 24.2 Å². The molecule has 0 fully saturated rings. The molecule has 5 N–H and O–H groups in total. The fourth-order valence-electron chi connectivity index (χ4n) is 3.04. The number of hydrogen-bond acceptors (Lipinski definition) is 8. The van der Waals surface area contributed by atoms with Crippen molar-refractivity contribution in [3.05, 3.63) is 53.6 Å². The molecule has 0 radical (unpaired) electrons. The Balaban J connectivity index is 0.00000289. The van der Waals surface area contributed by atoms with Crippen LogP contribution < -0.4 is 25.0 Å². The Kier molecular flexibility index (Phi) is 12.9. The predicted octanol–water partition coefficient (Wildman–Crippen LogP) is 0.877. The molecule has 0 aliphatic carbocycles. The van der Waals surface area contributed by atoms with E-state index in [1.165, 1.54) is 6.92 Å². The van der Waals surface area contributed by atoms with Crippen LogP contribution in [0.25, 0.3) is 0 Å². The van der Waals surface area contributed by atoms with E-state index in [1.807, 2.05) is 12.1 Å². The molecular weight excluding hydrogens is 468 g/mol. The lowest BCUT2D eigenvalue weighted by Crippen LogP contribution is -2.38. The molecule has 1 amide bonds. The summed E-state index contributed by atoms with van der Waals surface area (Å²) in [5.41, 5.74) is 1.52. The average Bonchev–Trinajstić information content (AvgIpc) is 2.81. The molecule has 1 aliphatic heterocycles. The summed E-state index contributed by atoms with van der Waals surface area (Å²) in [5.74, 6) is 1.54. The summed E-state index contributed by atoms with van der Waals surface area (Å²) in [7, 11) is 0. The van der Waals surface area contributed by atoms with Crippen molar-refractivity contribution in [2.45, 2.75) is 19.4 Å². The number of benzene rings is 2. The standard InChI is InChI=1S/C23H28N2O7.ClH.H2O/c1-16(26)17-5-7-19(8-6-17)29-15-23(28)25-11-10-24-13-18(27)14-30-21-3-2-4-22-20(21)9-12-31-32-22;;/h2-8,18,24,27H,9-15H2,1H3,(H,25,28);1H;1H2. The van der Waals surface area contributed by atoms with Crippen molar-refractivity contribution < 1.29 is 39.4 Å². The van der Waals surface area contributed by atoms with E-state index < -0.39 is 6.10 Å². The van der Waals surface area contributed by atoms with Crippen LogP contribution in [0.2, 0.25) is 0 Å². The lowest BCUT2D eigenvalue weighted by atomic mass is 10.1. The highest BCUT2D eigenvalue weighted by atomic mass is 35.5. The van der Waals surface area contributed by atoms with E-state index in [4.69, 9.17) is 19.2 Å². The fraction of sp³-hybridized carbons (Fsp3) is 0.391. The van der Waals surface area contributed by atoms with Crippen LogP contribution in [0.5, 0.6) is 17.2 Å². The van der Waals surface area contributed by atoms with E-state index in [0.29, 0.717) is 55.5 Å². The molecule has 1 aliphatic rings. The molecule has 1 heterocycles. The summed E-state index contributed by atoms with van der Waals surface area (Å²) < 4.78 is 11.1. The van der Waals surface area contributed by atoms with Gasteiger partial charge in [0.2, 0.25) is 0 Å². The van der Waals surface area contributed by atoms with Gasteiger partial charge in [-0.25, -0.2) is 0 Å². The van der Waals surface area contributed by atoms with Crippen LogP contribution >= 0.6 is 12.4 Å². The number of hydrogen-bond donors (Lipinski definition) is 3. The Labute approximate surface area is 204 Å². The zero-order valence-electron chi connectivity index (χ0n) is 18.9. The second-order valence-electron chi connectivity index (χ2n) is 7.28. The summed E-state index contributed by atoms with van der Waals surface area (Å²) in [6.07, 6.45) is -0.0175. The Morgan fingerprint density at radius 2 is 1.88 bits per heavy atom. The Morgan fingerprint density at radius 1 is 1.12 bits per heavy atom. The summed E-state index contributed by atoms with van der Waals surface area (Å²) in [4.78, 5) is 33.2. The first-order chi connectivity index (χ1) is 15.5. The molecule has 2 aromatic rings. The van der Waals surface area contributed by atoms with E-state index in [-0.39, 0.29) is 42.8 Å². The molecule has 3 rings (SSSR count). The molecule has 1 unspecified atom stereocenters. The number of fused-ring (bicyclic) bond motifs is 1. The molecule has 0 spiro atoms. The molecule has 188 valence electrons. The topological polar surface area (TPSA) is 147 Å². The second-order valence-corrected chi connectivity index (χ2v) is 7.28. The number of ether oxygens (including phenoxy) is 2. The first kappa shape index (κ1) is 29.1. The number of aliphatic hydroxyl groups excluding tert-OH is 1. The van der Waals surface area contributed by atoms with Gasteiger partial charge in [0.05, 0.1) is 6.61 Å². The largest absolute Gasteiger partial charge is 0.490 e. The van der Waals surface area contributed by atoms with Gasteiger partial charge < -0.3 is 35.6 Å². The Morgan fingerprint density at radius 3 is 2.62 bits per heavy atom. The molecule has 0 saturated heterocycles. The highest BCUT2D eigenvalue weighted by Gasteiger charge is 2.17. The van der Waals surface area contributed by atoms with Gasteiger partial charge in [0.25, 0.3) is 5.91 Å². The minimum Gasteiger partial charge on any atom is -0.490 e. The predicted molar refractivity (Wildman–Crippen MR) is 127 cm³/mol. The Bertz CT molecular complexity index is 910. The van der Waals surface area contributed by atoms with Crippen molar-refractivity contribution in [1.29, 1.82) is 0 Å². The minimum atomic E-state index is -0.705. The maximum atomic E-state index is 11.9. The summed E-state index contributed by atoms with van der Waals surface area (Å²) in [6, 6.07) is 12.1. The summed E-state index contributed by atoms with van der Waals surface area (Å²) in [6.45, 7) is 3.16. The normalized spacial score (nSPS) is 12.6. The average molecular weight is 499 g/mol. The third-order valence-electron chi connectivity index (χ3n) is 4.74. The number of carbonyl (C=O) groups is 2. The fourth-order valence-corrected chi connectivity index (χ4v) is 3.04. The van der Waals surface area contributed by atoms with Gasteiger partial charge in [-0.05, 0) is 43.3 Å². The lowest BCUT2D eigenvalue weighted by molar-refractivity contribution is -0.215. The van der Waals surface area contributed by atoms with Gasteiger partial charge in [0, 0.05) is 37.2 Å². The first-order valence-electron chi connectivity index (χ1n) is 10.5. The van der Waals surface area contributed by atoms with Crippen LogP contribution in [0.1, 0.15) is 22.8 Å². The number of amides is 1. The molecule has 2 aromatic carbocycles. The van der Waals surface area contributed by atoms with Gasteiger partial charge in [0.15, 0.2) is 18.1 Å². The van der Waals surface area contributed by atoms with Gasteiger partial charge in [-0.3, -0.25) is 9.59 Å². The van der Waals surface area contributed by atoms with E-state index >= 15 is 0 Å². The third-order valence-corrected chi connectivity index (χ3v) is 4.74. The molecule has 1 atom stereocenters. The van der Waals surface area contributed by atoms with E-state index in [9.17, 15) is 14.7 Å². The van der Waals surface area contributed by atoms with Crippen LogP contribution in [-0.2, 0) is 16.1 Å². The molecule has 10 nitrogen and oxygen atoms in total. The lowest BCUT2D eigenvalue weighted by Gasteiger charge is -2.20. The molecular formula is C23H31ClN2O8. The summed E-state index contributed by atoms with van der Waals surface area (Å²) in [5, 5.41) is 15.9. The van der Waals surface area contributed by atoms with E-state index in [0.717, 1.165) is 5.56 Å². The first-order valence-corrected chi connectivity index (χ1v) is 10.5. The van der Waals surface area contributed by atoms with Gasteiger partial charge in [-0.15, -0.1) is 12.4 Å². The van der Waals surface area contributed by atoms with E-state index in [1.54, 1.807) is 30.3 Å². The number of carbonyl (C=O) groups excluding carboxylic acids is 2. The van der Waals surface area contributed by atoms with Gasteiger partial charge in [-0.2, -0.15) is 4.89 Å². The highest BCUT2D eigenvalue weighted by molar-refractivity contribution is 5.94. The Hall–Kier alpha value is -2.89. The van der Waals surface area contributed by atoms with Crippen LogP contribution in [0.4, 0.5) is 0 Å². The van der Waals surface area contributed by atoms with Crippen molar-refractivity contribution in [3.63, 3.8) is 0 Å². The maximum Gasteiger partial charge on any atom is 0.257 e. The van der Waals surface area contributed by atoms with Crippen LogP contribution in [0.15, 0.2) is 42.5 Å². The second kappa shape index (κ2) is 15.1. The number of aliphatic hydroxyl groups is 1. The molecule has 0 aromatic heterocycles. The molecule has 0 saturated carbocycles. The maximum absolute atomic E-state index is 11.9. The van der Waals surface area contributed by atoms with Crippen molar-refractivity contribution in [2.75, 3.05) is 39.5 Å². The van der Waals surface area contributed by atoms with Crippen molar-refractivity contribution in [1.82, 2.24) is 10.6 Å². The van der Waals surface area contributed by atoms with Crippen molar-refractivity contribution in [2.24, 2.45) is 0 Å². The number of halogens is 1. The van der Waals surface area contributed by atoms with Crippen molar-refractivity contribution >= 4 is 24.1 Å². The van der Waals surface area contributed by atoms with Crippen molar-refractivity contribution in [3.8, 4) is 17.2 Å². The molecule has 0 bridgehead atoms. The SMILES string of the molecule is CC(=O)c1ccc(OCC(=O)NCCNCC(O)COc2cccc3c2CCOO3)cc1.Cl.O. The van der Waals surface area contributed by atoms with Crippen LogP contribution in [-0.4, -0.2) is 67.8 Å². The van der Waals surface area contributed by atoms with Gasteiger partial charge in [-0.1, -0.05) is 6.07 Å². The van der Waals surface area contributed by atoms with Gasteiger partial charge >= 0.3 is 0 Å². The molecule has 34 heavy (non-hydrogen) atoms.